The molecule has 33 heavy (non-hydrogen) atoms. The third-order valence-electron chi connectivity index (χ3n) is 5.10. The smallest absolute Gasteiger partial charge is 0.251 e. The van der Waals surface area contributed by atoms with E-state index >= 15 is 0 Å². The lowest BCUT2D eigenvalue weighted by Gasteiger charge is -2.13. The van der Waals surface area contributed by atoms with Gasteiger partial charge >= 0.3 is 0 Å². The lowest BCUT2D eigenvalue weighted by Crippen LogP contribution is -2.29. The first-order valence-corrected chi connectivity index (χ1v) is 10.3. The molecule has 170 valence electrons. The van der Waals surface area contributed by atoms with Crippen LogP contribution in [0.2, 0.25) is 0 Å². The SMILES string of the molecule is COc1ccc(Nc2ncc3c(n2)-c2ccc(C(=O)NCCN)cc2NC(=O)C3)cc1OC. The molecule has 2 amide bonds. The number of amides is 2. The van der Waals surface area contributed by atoms with E-state index in [1.807, 2.05) is 6.07 Å². The Labute approximate surface area is 190 Å². The summed E-state index contributed by atoms with van der Waals surface area (Å²) < 4.78 is 10.6. The molecule has 0 atom stereocenters. The van der Waals surface area contributed by atoms with Crippen LogP contribution in [0.1, 0.15) is 15.9 Å². The van der Waals surface area contributed by atoms with Gasteiger partial charge in [0.05, 0.1) is 32.0 Å². The van der Waals surface area contributed by atoms with E-state index in [9.17, 15) is 9.59 Å². The number of nitrogens with zero attached hydrogens (tertiary/aromatic N) is 2. The second-order valence-electron chi connectivity index (χ2n) is 7.29. The zero-order valence-electron chi connectivity index (χ0n) is 18.3. The van der Waals surface area contributed by atoms with Crippen LogP contribution in [0.3, 0.4) is 0 Å². The Morgan fingerprint density at radius 3 is 2.73 bits per heavy atom. The van der Waals surface area contributed by atoms with E-state index in [0.29, 0.717) is 64.3 Å². The molecule has 1 aliphatic heterocycles. The molecule has 0 fully saturated rings. The van der Waals surface area contributed by atoms with Crippen LogP contribution in [0.5, 0.6) is 11.5 Å². The number of nitrogens with two attached hydrogens (primary N) is 1. The molecule has 1 aromatic heterocycles. The lowest BCUT2D eigenvalue weighted by molar-refractivity contribution is -0.115. The van der Waals surface area contributed by atoms with Gasteiger partial charge in [0, 0.05) is 47.7 Å². The van der Waals surface area contributed by atoms with Gasteiger partial charge in [-0.1, -0.05) is 0 Å². The predicted molar refractivity (Wildman–Crippen MR) is 124 cm³/mol. The Morgan fingerprint density at radius 1 is 1.15 bits per heavy atom. The van der Waals surface area contributed by atoms with Crippen molar-refractivity contribution in [2.45, 2.75) is 6.42 Å². The molecule has 3 aromatic rings. The minimum Gasteiger partial charge on any atom is -0.493 e. The molecule has 0 saturated carbocycles. The molecule has 0 radical (unpaired) electrons. The second-order valence-corrected chi connectivity index (χ2v) is 7.29. The number of fused-ring (bicyclic) bond motifs is 3. The molecule has 2 heterocycles. The number of hydrogen-bond donors (Lipinski definition) is 4. The number of benzene rings is 2. The topological polar surface area (TPSA) is 140 Å². The van der Waals surface area contributed by atoms with Crippen molar-refractivity contribution in [1.29, 1.82) is 0 Å². The van der Waals surface area contributed by atoms with Gasteiger partial charge in [0.1, 0.15) is 0 Å². The summed E-state index contributed by atoms with van der Waals surface area (Å²) in [5.74, 6) is 1.05. The molecular weight excluding hydrogens is 424 g/mol. The Morgan fingerprint density at radius 2 is 1.97 bits per heavy atom. The van der Waals surface area contributed by atoms with Crippen molar-refractivity contribution in [2.24, 2.45) is 5.73 Å². The number of rotatable bonds is 7. The van der Waals surface area contributed by atoms with Gasteiger partial charge in [0.2, 0.25) is 11.9 Å². The number of nitrogens with one attached hydrogen (secondary N) is 3. The molecule has 0 unspecified atom stereocenters. The lowest BCUT2D eigenvalue weighted by atomic mass is 10.0. The maximum Gasteiger partial charge on any atom is 0.251 e. The van der Waals surface area contributed by atoms with Crippen LogP contribution < -0.4 is 31.2 Å². The standard InChI is InChI=1S/C23H24N6O4/c1-32-18-6-4-15(11-19(18)33-2)27-23-26-12-14-10-20(30)28-17-9-13(22(31)25-8-7-24)3-5-16(17)21(14)29-23/h3-6,9,11-12H,7-8,10,24H2,1-2H3,(H,25,31)(H,28,30)(H,26,27,29). The van der Waals surface area contributed by atoms with E-state index in [0.717, 1.165) is 0 Å². The summed E-state index contributed by atoms with van der Waals surface area (Å²) in [5.41, 5.74) is 9.08. The van der Waals surface area contributed by atoms with Crippen LogP contribution in [0.15, 0.2) is 42.6 Å². The summed E-state index contributed by atoms with van der Waals surface area (Å²) in [4.78, 5) is 33.8. The van der Waals surface area contributed by atoms with Gasteiger partial charge in [0.15, 0.2) is 11.5 Å². The van der Waals surface area contributed by atoms with Crippen LogP contribution in [0, 0.1) is 0 Å². The van der Waals surface area contributed by atoms with Crippen molar-refractivity contribution in [3.05, 3.63) is 53.7 Å². The van der Waals surface area contributed by atoms with Crippen LogP contribution >= 0.6 is 0 Å². The van der Waals surface area contributed by atoms with Crippen LogP contribution in [0.25, 0.3) is 11.3 Å². The molecule has 1 aliphatic rings. The van der Waals surface area contributed by atoms with Crippen molar-refractivity contribution in [3.8, 4) is 22.8 Å². The Kier molecular flexibility index (Phi) is 6.36. The fourth-order valence-electron chi connectivity index (χ4n) is 3.52. The Hall–Kier alpha value is -4.18. The average molecular weight is 448 g/mol. The van der Waals surface area contributed by atoms with Crippen molar-refractivity contribution in [1.82, 2.24) is 15.3 Å². The fraction of sp³-hybridized carbons (Fsp3) is 0.217. The van der Waals surface area contributed by atoms with E-state index in [2.05, 4.69) is 25.9 Å². The summed E-state index contributed by atoms with van der Waals surface area (Å²) in [6.07, 6.45) is 1.75. The number of anilines is 3. The van der Waals surface area contributed by atoms with Crippen LogP contribution in [-0.4, -0.2) is 49.1 Å². The molecule has 0 saturated heterocycles. The highest BCUT2D eigenvalue weighted by atomic mass is 16.5. The number of aromatic nitrogens is 2. The van der Waals surface area contributed by atoms with Crippen molar-refractivity contribution in [2.75, 3.05) is 37.9 Å². The Balaban J connectivity index is 1.68. The molecule has 5 N–H and O–H groups in total. The van der Waals surface area contributed by atoms with Gasteiger partial charge in [-0.3, -0.25) is 9.59 Å². The van der Waals surface area contributed by atoms with Crippen molar-refractivity contribution < 1.29 is 19.1 Å². The number of ether oxygens (including phenoxy) is 2. The molecule has 10 heteroatoms. The quantitative estimate of drug-likeness (QED) is 0.431. The summed E-state index contributed by atoms with van der Waals surface area (Å²) >= 11 is 0. The van der Waals surface area contributed by atoms with E-state index in [-0.39, 0.29) is 18.2 Å². The highest BCUT2D eigenvalue weighted by Gasteiger charge is 2.22. The molecular formula is C23H24N6O4. The van der Waals surface area contributed by atoms with Crippen LogP contribution in [0.4, 0.5) is 17.3 Å². The van der Waals surface area contributed by atoms with E-state index in [4.69, 9.17) is 15.2 Å². The highest BCUT2D eigenvalue weighted by Crippen LogP contribution is 2.35. The normalized spacial score (nSPS) is 12.0. The summed E-state index contributed by atoms with van der Waals surface area (Å²) in [5, 5.41) is 8.74. The number of hydrogen-bond acceptors (Lipinski definition) is 8. The van der Waals surface area contributed by atoms with Crippen molar-refractivity contribution >= 4 is 29.1 Å². The molecule has 0 spiro atoms. The van der Waals surface area contributed by atoms with Gasteiger partial charge < -0.3 is 31.2 Å². The maximum absolute atomic E-state index is 12.4. The Bertz CT molecular complexity index is 1210. The fourth-order valence-corrected chi connectivity index (χ4v) is 3.52. The monoisotopic (exact) mass is 448 g/mol. The summed E-state index contributed by atoms with van der Waals surface area (Å²) in [7, 11) is 3.13. The third kappa shape index (κ3) is 4.70. The van der Waals surface area contributed by atoms with Gasteiger partial charge in [-0.05, 0) is 30.3 Å². The molecule has 4 rings (SSSR count). The molecule has 10 nitrogen and oxygen atoms in total. The van der Waals surface area contributed by atoms with Gasteiger partial charge in [-0.2, -0.15) is 0 Å². The molecule has 0 bridgehead atoms. The third-order valence-corrected chi connectivity index (χ3v) is 5.10. The van der Waals surface area contributed by atoms with E-state index in [1.54, 1.807) is 50.7 Å². The highest BCUT2D eigenvalue weighted by molar-refractivity contribution is 6.03. The zero-order chi connectivity index (χ0) is 23.4. The van der Waals surface area contributed by atoms with Gasteiger partial charge in [0.25, 0.3) is 5.91 Å². The first-order chi connectivity index (χ1) is 16.0. The average Bonchev–Trinajstić information content (AvgIpc) is 2.96. The summed E-state index contributed by atoms with van der Waals surface area (Å²) in [6, 6.07) is 10.5. The minimum absolute atomic E-state index is 0.120. The predicted octanol–water partition coefficient (Wildman–Crippen LogP) is 2.09. The number of carbonyl (C=O) groups is 2. The zero-order valence-corrected chi connectivity index (χ0v) is 18.3. The van der Waals surface area contributed by atoms with E-state index < -0.39 is 0 Å². The van der Waals surface area contributed by atoms with Gasteiger partial charge in [-0.25, -0.2) is 9.97 Å². The van der Waals surface area contributed by atoms with Crippen molar-refractivity contribution in [3.63, 3.8) is 0 Å². The summed E-state index contributed by atoms with van der Waals surface area (Å²) in [6.45, 7) is 0.705. The minimum atomic E-state index is -0.263. The molecule has 0 aliphatic carbocycles. The molecule has 2 aromatic carbocycles. The second kappa shape index (κ2) is 9.53. The largest absolute Gasteiger partial charge is 0.493 e. The van der Waals surface area contributed by atoms with Gasteiger partial charge in [-0.15, -0.1) is 0 Å². The number of carbonyl (C=O) groups excluding carboxylic acids is 2. The van der Waals surface area contributed by atoms with Crippen LogP contribution in [-0.2, 0) is 11.2 Å². The number of methoxy groups -OCH3 is 2. The van der Waals surface area contributed by atoms with E-state index in [1.165, 1.54) is 0 Å². The maximum atomic E-state index is 12.4. The first kappa shape index (κ1) is 22.0. The first-order valence-electron chi connectivity index (χ1n) is 10.3.